The molecule has 1 aromatic rings. The van der Waals surface area contributed by atoms with E-state index in [1.807, 2.05) is 0 Å². The Bertz CT molecular complexity index is 593. The van der Waals surface area contributed by atoms with Gasteiger partial charge >= 0.3 is 0 Å². The largest absolute Gasteiger partial charge is 0.490 e. The molecule has 0 radical (unpaired) electrons. The molecule has 4 aliphatic rings. The number of ether oxygens (including phenoxy) is 1. The highest BCUT2D eigenvalue weighted by Gasteiger charge is 2.53. The molecular formula is C20H27NO. The molecule has 118 valence electrons. The third-order valence-corrected chi connectivity index (χ3v) is 6.91. The summed E-state index contributed by atoms with van der Waals surface area (Å²) in [6, 6.07) is 7.82. The predicted molar refractivity (Wildman–Crippen MR) is 88.5 cm³/mol. The summed E-state index contributed by atoms with van der Waals surface area (Å²) >= 11 is 0. The van der Waals surface area contributed by atoms with E-state index in [1.54, 1.807) is 11.1 Å². The SMILES string of the molecule is CN1CC[C@]23CCCC[C@@H]2[C@H]1Cc1ccc(OC2CC2)cc13. The molecule has 2 nitrogen and oxygen atoms in total. The summed E-state index contributed by atoms with van der Waals surface area (Å²) in [6.45, 7) is 1.27. The molecule has 3 atom stereocenters. The number of benzene rings is 1. The maximum absolute atomic E-state index is 6.12. The number of nitrogens with zero attached hydrogens (tertiary/aromatic N) is 1. The lowest BCUT2D eigenvalue weighted by Crippen LogP contribution is -2.59. The van der Waals surface area contributed by atoms with Crippen LogP contribution in [0.15, 0.2) is 18.2 Å². The van der Waals surface area contributed by atoms with Gasteiger partial charge in [-0.15, -0.1) is 0 Å². The molecule has 1 saturated heterocycles. The van der Waals surface area contributed by atoms with Crippen molar-refractivity contribution in [2.45, 2.75) is 68.9 Å². The van der Waals surface area contributed by atoms with Gasteiger partial charge in [-0.05, 0) is 81.3 Å². The first-order valence-corrected chi connectivity index (χ1v) is 9.27. The lowest BCUT2D eigenvalue weighted by molar-refractivity contribution is 0.00269. The predicted octanol–water partition coefficient (Wildman–Crippen LogP) is 3.92. The minimum absolute atomic E-state index is 0.464. The number of rotatable bonds is 2. The second kappa shape index (κ2) is 4.74. The molecule has 22 heavy (non-hydrogen) atoms. The summed E-state index contributed by atoms with van der Waals surface area (Å²) < 4.78 is 6.12. The molecule has 0 N–H and O–H groups in total. The van der Waals surface area contributed by atoms with Crippen LogP contribution in [0.3, 0.4) is 0 Å². The highest BCUT2D eigenvalue weighted by Crippen LogP contribution is 2.56. The van der Waals surface area contributed by atoms with Gasteiger partial charge in [0.05, 0.1) is 6.10 Å². The first-order valence-electron chi connectivity index (χ1n) is 9.27. The van der Waals surface area contributed by atoms with E-state index in [9.17, 15) is 0 Å². The summed E-state index contributed by atoms with van der Waals surface area (Å²) in [7, 11) is 2.35. The second-order valence-electron chi connectivity index (χ2n) is 8.15. The van der Waals surface area contributed by atoms with Crippen LogP contribution in [0.25, 0.3) is 0 Å². The van der Waals surface area contributed by atoms with Gasteiger partial charge in [0.2, 0.25) is 0 Å². The van der Waals surface area contributed by atoms with Gasteiger partial charge in [0, 0.05) is 11.5 Å². The number of fused-ring (bicyclic) bond motifs is 1. The fraction of sp³-hybridized carbons (Fsp3) is 0.700. The Hall–Kier alpha value is -1.02. The van der Waals surface area contributed by atoms with Gasteiger partial charge in [-0.1, -0.05) is 18.9 Å². The van der Waals surface area contributed by atoms with Crippen molar-refractivity contribution in [3.05, 3.63) is 29.3 Å². The molecule has 5 rings (SSSR count). The lowest BCUT2D eigenvalue weighted by atomic mass is 9.52. The zero-order valence-electron chi connectivity index (χ0n) is 13.7. The van der Waals surface area contributed by atoms with Crippen LogP contribution in [-0.4, -0.2) is 30.6 Å². The Balaban J connectivity index is 1.60. The lowest BCUT2D eigenvalue weighted by Gasteiger charge is -2.58. The average Bonchev–Trinajstić information content (AvgIpc) is 3.35. The van der Waals surface area contributed by atoms with Crippen LogP contribution < -0.4 is 4.74 Å². The van der Waals surface area contributed by atoms with Crippen molar-refractivity contribution < 1.29 is 4.74 Å². The normalized spacial score (nSPS) is 37.3. The third kappa shape index (κ3) is 1.89. The van der Waals surface area contributed by atoms with Gasteiger partial charge in [-0.3, -0.25) is 0 Å². The summed E-state index contributed by atoms with van der Waals surface area (Å²) in [5, 5.41) is 0. The van der Waals surface area contributed by atoms with Gasteiger partial charge in [-0.2, -0.15) is 0 Å². The molecule has 0 aromatic heterocycles. The van der Waals surface area contributed by atoms with Crippen LogP contribution in [0.1, 0.15) is 56.1 Å². The van der Waals surface area contributed by atoms with Gasteiger partial charge < -0.3 is 9.64 Å². The molecule has 0 spiro atoms. The highest BCUT2D eigenvalue weighted by atomic mass is 16.5. The van der Waals surface area contributed by atoms with Crippen molar-refractivity contribution in [3.8, 4) is 5.75 Å². The van der Waals surface area contributed by atoms with Gasteiger partial charge in [-0.25, -0.2) is 0 Å². The summed E-state index contributed by atoms with van der Waals surface area (Å²) in [4.78, 5) is 2.64. The molecular weight excluding hydrogens is 270 g/mol. The third-order valence-electron chi connectivity index (χ3n) is 6.91. The van der Waals surface area contributed by atoms with Crippen LogP contribution in [0.4, 0.5) is 0 Å². The monoisotopic (exact) mass is 297 g/mol. The molecule has 1 heterocycles. The molecule has 0 unspecified atom stereocenters. The zero-order chi connectivity index (χ0) is 14.7. The quantitative estimate of drug-likeness (QED) is 0.820. The molecule has 2 saturated carbocycles. The number of hydrogen-bond donors (Lipinski definition) is 0. The van der Waals surface area contributed by atoms with Gasteiger partial charge in [0.1, 0.15) is 5.75 Å². The standard InChI is InChI=1S/C20H27NO/c1-21-11-10-20-9-3-2-4-17(20)19(21)12-14-5-6-16(13-18(14)20)22-15-7-8-15/h5-6,13,15,17,19H,2-4,7-12H2,1H3/t17-,19-,20-/m1/s1. The molecule has 1 aromatic carbocycles. The van der Waals surface area contributed by atoms with Crippen molar-refractivity contribution in [1.82, 2.24) is 4.90 Å². The molecule has 1 aliphatic heterocycles. The van der Waals surface area contributed by atoms with Crippen LogP contribution in [0, 0.1) is 5.92 Å². The van der Waals surface area contributed by atoms with E-state index in [2.05, 4.69) is 30.1 Å². The maximum Gasteiger partial charge on any atom is 0.120 e. The number of likely N-dealkylation sites (tertiary alicyclic amines) is 1. The number of likely N-dealkylation sites (N-methyl/N-ethyl adjacent to an activating group) is 1. The van der Waals surface area contributed by atoms with E-state index in [-0.39, 0.29) is 0 Å². The summed E-state index contributed by atoms with van der Waals surface area (Å²) in [5.74, 6) is 2.01. The second-order valence-corrected chi connectivity index (χ2v) is 8.15. The first kappa shape index (κ1) is 13.4. The zero-order valence-corrected chi connectivity index (χ0v) is 13.7. The Kier molecular flexibility index (Phi) is 2.89. The van der Waals surface area contributed by atoms with Crippen LogP contribution >= 0.6 is 0 Å². The fourth-order valence-corrected chi connectivity index (χ4v) is 5.63. The Labute approximate surface area is 133 Å². The van der Waals surface area contributed by atoms with Crippen LogP contribution in [0.2, 0.25) is 0 Å². The Morgan fingerprint density at radius 1 is 1.14 bits per heavy atom. The smallest absolute Gasteiger partial charge is 0.120 e. The maximum atomic E-state index is 6.12. The fourth-order valence-electron chi connectivity index (χ4n) is 5.63. The molecule has 2 bridgehead atoms. The van der Waals surface area contributed by atoms with E-state index in [4.69, 9.17) is 4.74 Å². The molecule has 0 amide bonds. The minimum Gasteiger partial charge on any atom is -0.490 e. The van der Waals surface area contributed by atoms with Crippen molar-refractivity contribution in [2.24, 2.45) is 5.92 Å². The summed E-state index contributed by atoms with van der Waals surface area (Å²) in [6.07, 6.45) is 11.3. The average molecular weight is 297 g/mol. The van der Waals surface area contributed by atoms with Gasteiger partial charge in [0.15, 0.2) is 0 Å². The van der Waals surface area contributed by atoms with Crippen LogP contribution in [0.5, 0.6) is 5.75 Å². The van der Waals surface area contributed by atoms with Crippen molar-refractivity contribution in [2.75, 3.05) is 13.6 Å². The number of piperidine rings is 1. The van der Waals surface area contributed by atoms with Crippen molar-refractivity contribution in [1.29, 1.82) is 0 Å². The van der Waals surface area contributed by atoms with E-state index in [0.29, 0.717) is 11.5 Å². The van der Waals surface area contributed by atoms with Crippen molar-refractivity contribution in [3.63, 3.8) is 0 Å². The topological polar surface area (TPSA) is 12.5 Å². The number of hydrogen-bond acceptors (Lipinski definition) is 2. The molecule has 2 heteroatoms. The highest BCUT2D eigenvalue weighted by molar-refractivity contribution is 5.45. The Morgan fingerprint density at radius 3 is 2.91 bits per heavy atom. The summed E-state index contributed by atoms with van der Waals surface area (Å²) in [5.41, 5.74) is 3.74. The molecule has 3 fully saturated rings. The first-order chi connectivity index (χ1) is 10.8. The van der Waals surface area contributed by atoms with E-state index in [0.717, 1.165) is 17.7 Å². The van der Waals surface area contributed by atoms with Crippen LogP contribution in [-0.2, 0) is 11.8 Å². The molecule has 3 aliphatic carbocycles. The van der Waals surface area contributed by atoms with Gasteiger partial charge in [0.25, 0.3) is 0 Å². The van der Waals surface area contributed by atoms with E-state index in [1.165, 1.54) is 57.9 Å². The van der Waals surface area contributed by atoms with Crippen molar-refractivity contribution >= 4 is 0 Å². The Morgan fingerprint density at radius 2 is 2.05 bits per heavy atom. The van der Waals surface area contributed by atoms with E-state index >= 15 is 0 Å². The minimum atomic E-state index is 0.464. The van der Waals surface area contributed by atoms with E-state index < -0.39 is 0 Å².